The van der Waals surface area contributed by atoms with Gasteiger partial charge in [-0.2, -0.15) is 0 Å². The summed E-state index contributed by atoms with van der Waals surface area (Å²) >= 11 is 1.52. The number of hydrogen-bond donors (Lipinski definition) is 1. The van der Waals surface area contributed by atoms with Crippen LogP contribution in [-0.4, -0.2) is 21.5 Å². The number of carbonyl (C=O) groups excluding carboxylic acids is 1. The maximum atomic E-state index is 12.2. The zero-order valence-corrected chi connectivity index (χ0v) is 12.7. The zero-order valence-electron chi connectivity index (χ0n) is 11.8. The number of aryl methyl sites for hydroxylation is 1. The van der Waals surface area contributed by atoms with Gasteiger partial charge in [-0.15, -0.1) is 11.3 Å². The minimum Gasteiger partial charge on any atom is -0.348 e. The second kappa shape index (κ2) is 5.40. The molecule has 4 nitrogen and oxygen atoms in total. The Hall–Kier alpha value is -1.62. The molecule has 106 valence electrons. The van der Waals surface area contributed by atoms with Gasteiger partial charge < -0.3 is 9.88 Å². The molecule has 20 heavy (non-hydrogen) atoms. The van der Waals surface area contributed by atoms with Gasteiger partial charge in [-0.3, -0.25) is 4.79 Å². The van der Waals surface area contributed by atoms with E-state index in [1.807, 2.05) is 18.5 Å². The van der Waals surface area contributed by atoms with Gasteiger partial charge in [0.15, 0.2) is 0 Å². The number of rotatable bonds is 3. The molecule has 1 aliphatic carbocycles. The van der Waals surface area contributed by atoms with E-state index in [0.29, 0.717) is 11.7 Å². The fraction of sp³-hybridized carbons (Fsp3) is 0.467. The first-order valence-corrected chi connectivity index (χ1v) is 7.92. The Kier molecular flexibility index (Phi) is 3.61. The van der Waals surface area contributed by atoms with Crippen molar-refractivity contribution in [2.45, 2.75) is 38.6 Å². The van der Waals surface area contributed by atoms with E-state index in [1.54, 1.807) is 0 Å². The third kappa shape index (κ3) is 2.50. The number of nitrogens with zero attached hydrogens (tertiary/aromatic N) is 2. The van der Waals surface area contributed by atoms with Crippen molar-refractivity contribution in [3.05, 3.63) is 28.9 Å². The predicted molar refractivity (Wildman–Crippen MR) is 81.0 cm³/mol. The summed E-state index contributed by atoms with van der Waals surface area (Å²) in [6.07, 6.45) is 4.63. The van der Waals surface area contributed by atoms with E-state index in [0.717, 1.165) is 23.5 Å². The van der Waals surface area contributed by atoms with E-state index in [4.69, 9.17) is 0 Å². The molecule has 2 heterocycles. The van der Waals surface area contributed by atoms with Crippen molar-refractivity contribution in [3.63, 3.8) is 0 Å². The monoisotopic (exact) mass is 289 g/mol. The Labute approximate surface area is 122 Å². The van der Waals surface area contributed by atoms with Crippen LogP contribution in [0.1, 0.15) is 41.9 Å². The molecule has 0 unspecified atom stereocenters. The predicted octanol–water partition coefficient (Wildman–Crippen LogP) is 3.13. The molecule has 5 heteroatoms. The van der Waals surface area contributed by atoms with Crippen molar-refractivity contribution in [2.24, 2.45) is 7.05 Å². The molecule has 2 aromatic rings. The maximum absolute atomic E-state index is 12.2. The molecule has 1 fully saturated rings. The quantitative estimate of drug-likeness (QED) is 0.943. The van der Waals surface area contributed by atoms with Gasteiger partial charge in [0, 0.05) is 24.2 Å². The molecule has 1 amide bonds. The minimum atomic E-state index is -0.0367. The van der Waals surface area contributed by atoms with Crippen LogP contribution in [0.3, 0.4) is 0 Å². The zero-order chi connectivity index (χ0) is 14.1. The highest BCUT2D eigenvalue weighted by atomic mass is 32.1. The Bertz CT molecular complexity index is 623. The molecule has 1 aliphatic rings. The molecule has 0 bridgehead atoms. The fourth-order valence-corrected chi connectivity index (χ4v) is 3.51. The lowest BCUT2D eigenvalue weighted by atomic mass is 10.2. The SMILES string of the molecule is Cc1ccc(-c2nc(C(=O)NC3CCCC3)cs2)n1C. The van der Waals surface area contributed by atoms with Crippen LogP contribution in [0.2, 0.25) is 0 Å². The summed E-state index contributed by atoms with van der Waals surface area (Å²) in [5.74, 6) is -0.0367. The highest BCUT2D eigenvalue weighted by Gasteiger charge is 2.20. The third-order valence-corrected chi connectivity index (χ3v) is 4.88. The van der Waals surface area contributed by atoms with E-state index in [1.165, 1.54) is 29.9 Å². The number of aromatic nitrogens is 2. The molecule has 2 aromatic heterocycles. The molecule has 1 saturated carbocycles. The average molecular weight is 289 g/mol. The molecule has 0 saturated heterocycles. The smallest absolute Gasteiger partial charge is 0.270 e. The van der Waals surface area contributed by atoms with Crippen molar-refractivity contribution in [1.82, 2.24) is 14.9 Å². The van der Waals surface area contributed by atoms with E-state index in [2.05, 4.69) is 27.9 Å². The van der Waals surface area contributed by atoms with Crippen molar-refractivity contribution >= 4 is 17.2 Å². The van der Waals surface area contributed by atoms with Crippen LogP contribution in [0.5, 0.6) is 0 Å². The first-order chi connectivity index (χ1) is 9.65. The number of amides is 1. The van der Waals surface area contributed by atoms with Crippen LogP contribution in [0.15, 0.2) is 17.5 Å². The Morgan fingerprint density at radius 1 is 1.40 bits per heavy atom. The van der Waals surface area contributed by atoms with Crippen LogP contribution in [0, 0.1) is 6.92 Å². The van der Waals surface area contributed by atoms with Crippen molar-refractivity contribution in [1.29, 1.82) is 0 Å². The minimum absolute atomic E-state index is 0.0367. The highest BCUT2D eigenvalue weighted by Crippen LogP contribution is 2.25. The maximum Gasteiger partial charge on any atom is 0.270 e. The molecule has 0 atom stereocenters. The summed E-state index contributed by atoms with van der Waals surface area (Å²) in [6.45, 7) is 2.06. The van der Waals surface area contributed by atoms with Gasteiger partial charge in [0.1, 0.15) is 10.7 Å². The number of nitrogens with one attached hydrogen (secondary N) is 1. The Morgan fingerprint density at radius 3 is 2.80 bits per heavy atom. The second-order valence-corrected chi connectivity index (χ2v) is 6.27. The van der Waals surface area contributed by atoms with Gasteiger partial charge >= 0.3 is 0 Å². The van der Waals surface area contributed by atoms with Crippen LogP contribution in [0.4, 0.5) is 0 Å². The van der Waals surface area contributed by atoms with Gasteiger partial charge in [-0.05, 0) is 31.9 Å². The lowest BCUT2D eigenvalue weighted by Crippen LogP contribution is -2.32. The van der Waals surface area contributed by atoms with Gasteiger partial charge in [-0.1, -0.05) is 12.8 Å². The van der Waals surface area contributed by atoms with Crippen LogP contribution >= 0.6 is 11.3 Å². The highest BCUT2D eigenvalue weighted by molar-refractivity contribution is 7.13. The molecule has 0 aromatic carbocycles. The third-order valence-electron chi connectivity index (χ3n) is 4.02. The van der Waals surface area contributed by atoms with Crippen LogP contribution in [-0.2, 0) is 7.05 Å². The average Bonchev–Trinajstić information content (AvgIpc) is 3.13. The number of carbonyl (C=O) groups is 1. The molecular formula is C15H19N3OS. The molecule has 0 aliphatic heterocycles. The van der Waals surface area contributed by atoms with E-state index >= 15 is 0 Å². The van der Waals surface area contributed by atoms with Crippen molar-refractivity contribution < 1.29 is 4.79 Å². The first kappa shape index (κ1) is 13.4. The first-order valence-electron chi connectivity index (χ1n) is 7.04. The van der Waals surface area contributed by atoms with Gasteiger partial charge in [0.05, 0.1) is 5.69 Å². The molecule has 0 radical (unpaired) electrons. The van der Waals surface area contributed by atoms with Crippen LogP contribution in [0.25, 0.3) is 10.7 Å². The summed E-state index contributed by atoms with van der Waals surface area (Å²) in [5.41, 5.74) is 2.79. The van der Waals surface area contributed by atoms with Gasteiger partial charge in [0.2, 0.25) is 0 Å². The number of thiazole rings is 1. The summed E-state index contributed by atoms with van der Waals surface area (Å²) in [7, 11) is 2.02. The normalized spacial score (nSPS) is 15.7. The molecule has 1 N–H and O–H groups in total. The summed E-state index contributed by atoms with van der Waals surface area (Å²) in [4.78, 5) is 16.6. The second-order valence-electron chi connectivity index (χ2n) is 5.41. The van der Waals surface area contributed by atoms with Crippen molar-refractivity contribution in [2.75, 3.05) is 0 Å². The molecular weight excluding hydrogens is 270 g/mol. The van der Waals surface area contributed by atoms with E-state index < -0.39 is 0 Å². The summed E-state index contributed by atoms with van der Waals surface area (Å²) < 4.78 is 2.09. The standard InChI is InChI=1S/C15H19N3OS/c1-10-7-8-13(18(10)2)15-17-12(9-20-15)14(19)16-11-5-3-4-6-11/h7-9,11H,3-6H2,1-2H3,(H,16,19). The Balaban J connectivity index is 1.76. The largest absolute Gasteiger partial charge is 0.348 e. The van der Waals surface area contributed by atoms with Crippen LogP contribution < -0.4 is 5.32 Å². The molecule has 3 rings (SSSR count). The Morgan fingerprint density at radius 2 is 2.15 bits per heavy atom. The topological polar surface area (TPSA) is 46.9 Å². The van der Waals surface area contributed by atoms with Crippen molar-refractivity contribution in [3.8, 4) is 10.7 Å². The van der Waals surface area contributed by atoms with E-state index in [-0.39, 0.29) is 5.91 Å². The molecule has 0 spiro atoms. The van der Waals surface area contributed by atoms with E-state index in [9.17, 15) is 4.79 Å². The van der Waals surface area contributed by atoms with Gasteiger partial charge in [0.25, 0.3) is 5.91 Å². The summed E-state index contributed by atoms with van der Waals surface area (Å²) in [6, 6.07) is 4.45. The summed E-state index contributed by atoms with van der Waals surface area (Å²) in [5, 5.41) is 5.83. The van der Waals surface area contributed by atoms with Gasteiger partial charge in [-0.25, -0.2) is 4.98 Å². The number of hydrogen-bond acceptors (Lipinski definition) is 3. The lowest BCUT2D eigenvalue weighted by molar-refractivity contribution is 0.0933. The lowest BCUT2D eigenvalue weighted by Gasteiger charge is -2.09. The fourth-order valence-electron chi connectivity index (χ4n) is 2.65.